The fraction of sp³-hybridized carbons (Fsp3) is 0.200. The summed E-state index contributed by atoms with van der Waals surface area (Å²) in [5.74, 6) is 0.397. The smallest absolute Gasteiger partial charge is 0.258 e. The van der Waals surface area contributed by atoms with E-state index in [0.29, 0.717) is 16.6 Å². The summed E-state index contributed by atoms with van der Waals surface area (Å²) in [6.07, 6.45) is 6.20. The Balaban J connectivity index is 1.43. The van der Waals surface area contributed by atoms with Crippen LogP contribution in [0.15, 0.2) is 54.6 Å². The van der Waals surface area contributed by atoms with Crippen molar-refractivity contribution in [1.29, 1.82) is 0 Å². The number of nitrogens with one attached hydrogen (secondary N) is 1. The zero-order chi connectivity index (χ0) is 20.8. The number of nitrogens with zero attached hydrogens (tertiary/aromatic N) is 3. The van der Waals surface area contributed by atoms with Gasteiger partial charge >= 0.3 is 0 Å². The van der Waals surface area contributed by atoms with E-state index < -0.39 is 0 Å². The third-order valence-electron chi connectivity index (χ3n) is 5.90. The molecule has 6 rings (SSSR count). The molecule has 0 bridgehead atoms. The third kappa shape index (κ3) is 3.43. The molecule has 0 radical (unpaired) electrons. The number of pyridine rings is 1. The Bertz CT molecular complexity index is 1340. The number of anilines is 1. The molecule has 0 atom stereocenters. The van der Waals surface area contributed by atoms with Crippen LogP contribution in [0.3, 0.4) is 0 Å². The molecule has 31 heavy (non-hydrogen) atoms. The first-order valence-corrected chi connectivity index (χ1v) is 11.4. The van der Waals surface area contributed by atoms with E-state index in [9.17, 15) is 4.79 Å². The molecule has 5 nitrogen and oxygen atoms in total. The van der Waals surface area contributed by atoms with Crippen LogP contribution in [0.1, 0.15) is 57.4 Å². The third-order valence-corrected chi connectivity index (χ3v) is 6.90. The van der Waals surface area contributed by atoms with Crippen LogP contribution < -0.4 is 5.32 Å². The number of benzene rings is 2. The van der Waals surface area contributed by atoms with E-state index >= 15 is 0 Å². The molecule has 1 N–H and O–H groups in total. The second-order valence-corrected chi connectivity index (χ2v) is 9.09. The zero-order valence-corrected chi connectivity index (χ0v) is 17.7. The minimum Gasteiger partial charge on any atom is -0.296 e. The van der Waals surface area contributed by atoms with Crippen molar-refractivity contribution in [2.24, 2.45) is 0 Å². The molecule has 1 amide bonds. The van der Waals surface area contributed by atoms with Gasteiger partial charge in [0.1, 0.15) is 5.01 Å². The quantitative estimate of drug-likeness (QED) is 0.456. The van der Waals surface area contributed by atoms with Crippen LogP contribution in [-0.2, 0) is 6.42 Å². The van der Waals surface area contributed by atoms with E-state index in [4.69, 9.17) is 4.98 Å². The number of allylic oxidation sites excluding steroid dienone is 1. The molecule has 2 heterocycles. The number of fused-ring (bicyclic) bond motifs is 2. The van der Waals surface area contributed by atoms with Gasteiger partial charge in [-0.15, -0.1) is 10.2 Å². The van der Waals surface area contributed by atoms with Gasteiger partial charge < -0.3 is 0 Å². The van der Waals surface area contributed by atoms with Gasteiger partial charge in [0.2, 0.25) is 5.13 Å². The Kier molecular flexibility index (Phi) is 4.39. The normalized spacial score (nSPS) is 16.6. The van der Waals surface area contributed by atoms with Gasteiger partial charge in [0.15, 0.2) is 0 Å². The summed E-state index contributed by atoms with van der Waals surface area (Å²) in [6.45, 7) is 0. The van der Waals surface area contributed by atoms with Crippen LogP contribution in [-0.4, -0.2) is 21.1 Å². The van der Waals surface area contributed by atoms with Crippen LogP contribution in [0.2, 0.25) is 0 Å². The van der Waals surface area contributed by atoms with Crippen LogP contribution in [0, 0.1) is 0 Å². The van der Waals surface area contributed by atoms with Crippen molar-refractivity contribution >= 4 is 44.9 Å². The molecular weight excluding hydrogens is 404 g/mol. The molecule has 2 aliphatic carbocycles. The molecule has 1 fully saturated rings. The number of hydrogen-bond donors (Lipinski definition) is 1. The highest BCUT2D eigenvalue weighted by Crippen LogP contribution is 2.42. The maximum absolute atomic E-state index is 13.4. The van der Waals surface area contributed by atoms with Crippen LogP contribution in [0.4, 0.5) is 5.13 Å². The largest absolute Gasteiger partial charge is 0.296 e. The Labute approximate surface area is 183 Å². The Hall–Kier alpha value is -3.38. The second-order valence-electron chi connectivity index (χ2n) is 8.09. The number of amides is 1. The summed E-state index contributed by atoms with van der Waals surface area (Å²) in [4.78, 5) is 18.4. The van der Waals surface area contributed by atoms with Gasteiger partial charge in [0.05, 0.1) is 16.8 Å². The van der Waals surface area contributed by atoms with Gasteiger partial charge in [0.25, 0.3) is 5.91 Å². The van der Waals surface area contributed by atoms with Crippen molar-refractivity contribution < 1.29 is 4.79 Å². The van der Waals surface area contributed by atoms with Gasteiger partial charge in [-0.2, -0.15) is 0 Å². The maximum Gasteiger partial charge on any atom is 0.258 e. The van der Waals surface area contributed by atoms with E-state index in [0.717, 1.165) is 45.6 Å². The van der Waals surface area contributed by atoms with Crippen molar-refractivity contribution in [2.75, 3.05) is 5.32 Å². The highest BCUT2D eigenvalue weighted by Gasteiger charge is 2.29. The maximum atomic E-state index is 13.4. The Morgan fingerprint density at radius 3 is 2.65 bits per heavy atom. The molecule has 1 saturated carbocycles. The lowest BCUT2D eigenvalue weighted by Crippen LogP contribution is -2.15. The van der Waals surface area contributed by atoms with Gasteiger partial charge in [-0.1, -0.05) is 59.9 Å². The monoisotopic (exact) mass is 424 g/mol. The van der Waals surface area contributed by atoms with Crippen LogP contribution in [0.25, 0.3) is 22.6 Å². The zero-order valence-electron chi connectivity index (χ0n) is 16.8. The molecular formula is C25H20N4OS. The number of carbonyl (C=O) groups is 1. The lowest BCUT2D eigenvalue weighted by Gasteiger charge is -2.12. The number of rotatable bonds is 4. The van der Waals surface area contributed by atoms with Crippen LogP contribution in [0.5, 0.6) is 0 Å². The summed E-state index contributed by atoms with van der Waals surface area (Å²) in [7, 11) is 0. The minimum absolute atomic E-state index is 0.130. The first kappa shape index (κ1) is 18.4. The Morgan fingerprint density at radius 2 is 1.81 bits per heavy atom. The number of hydrogen-bond acceptors (Lipinski definition) is 5. The molecule has 2 aromatic carbocycles. The molecule has 4 aromatic rings. The van der Waals surface area contributed by atoms with Crippen molar-refractivity contribution in [1.82, 2.24) is 15.2 Å². The first-order valence-electron chi connectivity index (χ1n) is 10.6. The minimum atomic E-state index is -0.130. The topological polar surface area (TPSA) is 67.8 Å². The fourth-order valence-corrected chi connectivity index (χ4v) is 5.14. The van der Waals surface area contributed by atoms with Gasteiger partial charge in [-0.05, 0) is 54.5 Å². The molecule has 0 unspecified atom stereocenters. The highest BCUT2D eigenvalue weighted by atomic mass is 32.1. The predicted octanol–water partition coefficient (Wildman–Crippen LogP) is 5.70. The van der Waals surface area contributed by atoms with Crippen molar-refractivity contribution in [3.05, 3.63) is 82.0 Å². The van der Waals surface area contributed by atoms with E-state index in [1.807, 2.05) is 42.5 Å². The molecule has 0 saturated heterocycles. The first-order chi connectivity index (χ1) is 15.3. The van der Waals surface area contributed by atoms with E-state index in [2.05, 4.69) is 33.7 Å². The summed E-state index contributed by atoms with van der Waals surface area (Å²) in [5.41, 5.74) is 5.82. The fourth-order valence-electron chi connectivity index (χ4n) is 4.23. The van der Waals surface area contributed by atoms with E-state index in [1.54, 1.807) is 0 Å². The molecule has 152 valence electrons. The number of aromatic nitrogens is 3. The summed E-state index contributed by atoms with van der Waals surface area (Å²) in [5, 5.41) is 13.9. The van der Waals surface area contributed by atoms with Crippen molar-refractivity contribution in [2.45, 2.75) is 31.6 Å². The second kappa shape index (κ2) is 7.39. The number of carbonyl (C=O) groups excluding carboxylic acids is 1. The molecule has 0 spiro atoms. The standard InChI is InChI=1S/C25H20N4OS/c30-23(27-25-29-28-24(31-25)16-10-11-16)21-18-8-4-5-9-20(18)26-22-17(12-13-19(21)22)14-15-6-2-1-3-7-15/h1-9,14,16H,10-13H2,(H,27,29,30)/b17-14+. The predicted molar refractivity (Wildman–Crippen MR) is 124 cm³/mol. The summed E-state index contributed by atoms with van der Waals surface area (Å²) in [6, 6.07) is 18.1. The van der Waals surface area contributed by atoms with Crippen molar-refractivity contribution in [3.63, 3.8) is 0 Å². The van der Waals surface area contributed by atoms with Gasteiger partial charge in [-0.25, -0.2) is 4.98 Å². The summed E-state index contributed by atoms with van der Waals surface area (Å²) < 4.78 is 0. The SMILES string of the molecule is O=C(Nc1nnc(C2CC2)s1)c1c2c(nc3ccccc13)/C(=C/c1ccccc1)CC2. The number of para-hydroxylation sites is 1. The van der Waals surface area contributed by atoms with E-state index in [-0.39, 0.29) is 5.91 Å². The van der Waals surface area contributed by atoms with Crippen LogP contribution >= 0.6 is 11.3 Å². The average molecular weight is 425 g/mol. The summed E-state index contributed by atoms with van der Waals surface area (Å²) >= 11 is 1.49. The average Bonchev–Trinajstić information content (AvgIpc) is 3.43. The molecule has 2 aromatic heterocycles. The molecule has 6 heteroatoms. The van der Waals surface area contributed by atoms with Crippen molar-refractivity contribution in [3.8, 4) is 0 Å². The highest BCUT2D eigenvalue weighted by molar-refractivity contribution is 7.15. The lowest BCUT2D eigenvalue weighted by atomic mass is 10.00. The molecule has 2 aliphatic rings. The van der Waals surface area contributed by atoms with Gasteiger partial charge in [-0.3, -0.25) is 10.1 Å². The Morgan fingerprint density at radius 1 is 1.00 bits per heavy atom. The van der Waals surface area contributed by atoms with E-state index in [1.165, 1.54) is 29.8 Å². The molecule has 0 aliphatic heterocycles. The van der Waals surface area contributed by atoms with Gasteiger partial charge in [0, 0.05) is 11.3 Å². The lowest BCUT2D eigenvalue weighted by molar-refractivity contribution is 0.102.